The molecule has 1 amide bonds. The van der Waals surface area contributed by atoms with Crippen molar-refractivity contribution in [1.29, 1.82) is 0 Å². The Balaban J connectivity index is 1.84. The molecule has 0 radical (unpaired) electrons. The van der Waals surface area contributed by atoms with E-state index in [2.05, 4.69) is 5.32 Å². The van der Waals surface area contributed by atoms with Crippen LogP contribution in [0.4, 0.5) is 5.69 Å². The van der Waals surface area contributed by atoms with E-state index < -0.39 is 5.91 Å². The monoisotopic (exact) mass is 309 g/mol. The lowest BCUT2D eigenvalue weighted by Crippen LogP contribution is -2.14. The molecule has 116 valence electrons. The molecule has 0 aliphatic rings. The zero-order valence-corrected chi connectivity index (χ0v) is 12.5. The van der Waals surface area contributed by atoms with Gasteiger partial charge in [0.25, 0.3) is 5.91 Å². The van der Waals surface area contributed by atoms with E-state index in [0.717, 1.165) is 5.75 Å². The second kappa shape index (κ2) is 6.36. The van der Waals surface area contributed by atoms with Gasteiger partial charge in [-0.1, -0.05) is 12.1 Å². The Labute approximate surface area is 132 Å². The highest BCUT2D eigenvalue weighted by Gasteiger charge is 2.12. The number of rotatable bonds is 4. The van der Waals surface area contributed by atoms with Crippen molar-refractivity contribution in [3.8, 4) is 5.75 Å². The zero-order valence-electron chi connectivity index (χ0n) is 12.5. The number of hydrogen-bond donors (Lipinski definition) is 1. The Kier molecular flexibility index (Phi) is 4.10. The third-order valence-corrected chi connectivity index (χ3v) is 3.28. The molecule has 0 unspecified atom stereocenters. The highest BCUT2D eigenvalue weighted by Crippen LogP contribution is 2.17. The van der Waals surface area contributed by atoms with Crippen LogP contribution in [0.3, 0.4) is 0 Å². The maximum atomic E-state index is 12.2. The van der Waals surface area contributed by atoms with Crippen LogP contribution in [0.5, 0.6) is 5.75 Å². The van der Waals surface area contributed by atoms with Gasteiger partial charge in [0.2, 0.25) is 0 Å². The van der Waals surface area contributed by atoms with Gasteiger partial charge in [-0.2, -0.15) is 0 Å². The van der Waals surface area contributed by atoms with Gasteiger partial charge in [0.1, 0.15) is 11.3 Å². The van der Waals surface area contributed by atoms with Gasteiger partial charge in [0, 0.05) is 11.8 Å². The average molecular weight is 309 g/mol. The molecule has 0 atom stereocenters. The summed E-state index contributed by atoms with van der Waals surface area (Å²) in [5, 5.41) is 3.14. The lowest BCUT2D eigenvalue weighted by molar-refractivity contribution is 0.0997. The van der Waals surface area contributed by atoms with Crippen LogP contribution in [0.15, 0.2) is 63.8 Å². The first kappa shape index (κ1) is 14.8. The fraction of sp³-hybridized carbons (Fsp3) is 0.111. The number of fused-ring (bicyclic) bond motifs is 1. The molecule has 0 aliphatic heterocycles. The maximum Gasteiger partial charge on any atom is 0.291 e. The Morgan fingerprint density at radius 2 is 1.87 bits per heavy atom. The van der Waals surface area contributed by atoms with Crippen molar-refractivity contribution >= 4 is 22.6 Å². The van der Waals surface area contributed by atoms with E-state index in [0.29, 0.717) is 23.3 Å². The molecule has 0 spiro atoms. The lowest BCUT2D eigenvalue weighted by atomic mass is 10.2. The van der Waals surface area contributed by atoms with Crippen LogP contribution in [-0.4, -0.2) is 12.5 Å². The van der Waals surface area contributed by atoms with Crippen LogP contribution in [0.1, 0.15) is 17.5 Å². The molecule has 2 aromatic carbocycles. The van der Waals surface area contributed by atoms with Crippen molar-refractivity contribution in [3.63, 3.8) is 0 Å². The smallest absolute Gasteiger partial charge is 0.291 e. The van der Waals surface area contributed by atoms with Crippen LogP contribution in [0, 0.1) is 0 Å². The summed E-state index contributed by atoms with van der Waals surface area (Å²) in [6.07, 6.45) is 0. The topological polar surface area (TPSA) is 68.5 Å². The van der Waals surface area contributed by atoms with Gasteiger partial charge in [-0.05, 0) is 43.3 Å². The van der Waals surface area contributed by atoms with Crippen molar-refractivity contribution in [1.82, 2.24) is 0 Å². The molecular weight excluding hydrogens is 294 g/mol. The summed E-state index contributed by atoms with van der Waals surface area (Å²) in [6.45, 7) is 2.48. The number of hydrogen-bond acceptors (Lipinski definition) is 4. The molecule has 0 aliphatic carbocycles. The second-order valence-electron chi connectivity index (χ2n) is 4.88. The molecule has 23 heavy (non-hydrogen) atoms. The quantitative estimate of drug-likeness (QED) is 0.801. The zero-order chi connectivity index (χ0) is 16.2. The number of amides is 1. The third-order valence-electron chi connectivity index (χ3n) is 3.28. The van der Waals surface area contributed by atoms with Crippen molar-refractivity contribution < 1.29 is 13.9 Å². The van der Waals surface area contributed by atoms with E-state index in [1.165, 1.54) is 6.07 Å². The first-order valence-electron chi connectivity index (χ1n) is 7.24. The minimum atomic E-state index is -0.475. The number of carbonyl (C=O) groups excluding carboxylic acids is 1. The number of para-hydroxylation sites is 1. The van der Waals surface area contributed by atoms with E-state index in [1.54, 1.807) is 48.5 Å². The number of ether oxygens (including phenoxy) is 1. The summed E-state index contributed by atoms with van der Waals surface area (Å²) in [4.78, 5) is 24.3. The molecule has 3 aromatic rings. The van der Waals surface area contributed by atoms with Crippen molar-refractivity contribution in [2.45, 2.75) is 6.92 Å². The van der Waals surface area contributed by atoms with Crippen LogP contribution in [-0.2, 0) is 0 Å². The predicted octanol–water partition coefficient (Wildman–Crippen LogP) is 3.44. The fourth-order valence-electron chi connectivity index (χ4n) is 2.21. The molecular formula is C18H15NO4. The first-order valence-corrected chi connectivity index (χ1v) is 7.24. The fourth-order valence-corrected chi connectivity index (χ4v) is 2.21. The molecule has 3 rings (SSSR count). The minimum absolute atomic E-state index is 0.0254. The van der Waals surface area contributed by atoms with Gasteiger partial charge in [0.15, 0.2) is 11.2 Å². The Morgan fingerprint density at radius 1 is 1.13 bits per heavy atom. The minimum Gasteiger partial charge on any atom is -0.494 e. The second-order valence-corrected chi connectivity index (χ2v) is 4.88. The van der Waals surface area contributed by atoms with Gasteiger partial charge in [0.05, 0.1) is 12.0 Å². The van der Waals surface area contributed by atoms with Crippen molar-refractivity contribution in [3.05, 3.63) is 70.6 Å². The van der Waals surface area contributed by atoms with Gasteiger partial charge in [-0.25, -0.2) is 0 Å². The molecule has 1 heterocycles. The highest BCUT2D eigenvalue weighted by molar-refractivity contribution is 6.02. The molecule has 0 fully saturated rings. The maximum absolute atomic E-state index is 12.2. The van der Waals surface area contributed by atoms with Gasteiger partial charge in [-0.15, -0.1) is 0 Å². The van der Waals surface area contributed by atoms with Crippen LogP contribution < -0.4 is 15.5 Å². The van der Waals surface area contributed by atoms with Crippen LogP contribution >= 0.6 is 0 Å². The number of anilines is 1. The molecule has 5 nitrogen and oxygen atoms in total. The van der Waals surface area contributed by atoms with Gasteiger partial charge in [-0.3, -0.25) is 9.59 Å². The normalized spacial score (nSPS) is 10.5. The van der Waals surface area contributed by atoms with Crippen molar-refractivity contribution in [2.24, 2.45) is 0 Å². The Hall–Kier alpha value is -3.08. The SMILES string of the molecule is CCOc1ccc(NC(=O)c2cc(=O)c3ccccc3o2)cc1. The Morgan fingerprint density at radius 3 is 2.61 bits per heavy atom. The summed E-state index contributed by atoms with van der Waals surface area (Å²) >= 11 is 0. The molecule has 1 aromatic heterocycles. The summed E-state index contributed by atoms with van der Waals surface area (Å²) < 4.78 is 10.8. The number of nitrogens with one attached hydrogen (secondary N) is 1. The average Bonchev–Trinajstić information content (AvgIpc) is 2.57. The predicted molar refractivity (Wildman–Crippen MR) is 88.0 cm³/mol. The summed E-state index contributed by atoms with van der Waals surface area (Å²) in [5.74, 6) is 0.224. The number of carbonyl (C=O) groups is 1. The van der Waals surface area contributed by atoms with Crippen LogP contribution in [0.2, 0.25) is 0 Å². The van der Waals surface area contributed by atoms with Gasteiger partial charge < -0.3 is 14.5 Å². The van der Waals surface area contributed by atoms with E-state index in [1.807, 2.05) is 6.92 Å². The van der Waals surface area contributed by atoms with Crippen LogP contribution in [0.25, 0.3) is 11.0 Å². The van der Waals surface area contributed by atoms with E-state index in [-0.39, 0.29) is 11.2 Å². The van der Waals surface area contributed by atoms with E-state index in [9.17, 15) is 9.59 Å². The largest absolute Gasteiger partial charge is 0.494 e. The van der Waals surface area contributed by atoms with Crippen molar-refractivity contribution in [2.75, 3.05) is 11.9 Å². The summed E-state index contributed by atoms with van der Waals surface area (Å²) in [6, 6.07) is 15.0. The third kappa shape index (κ3) is 3.23. The first-order chi connectivity index (χ1) is 11.2. The van der Waals surface area contributed by atoms with E-state index >= 15 is 0 Å². The Bertz CT molecular complexity index is 897. The molecule has 0 saturated carbocycles. The summed E-state index contributed by atoms with van der Waals surface area (Å²) in [7, 11) is 0. The molecule has 0 bridgehead atoms. The molecule has 0 saturated heterocycles. The summed E-state index contributed by atoms with van der Waals surface area (Å²) in [5.41, 5.74) is 0.731. The molecule has 1 N–H and O–H groups in total. The standard InChI is InChI=1S/C18H15NO4/c1-2-22-13-9-7-12(8-10-13)19-18(21)17-11-15(20)14-5-3-4-6-16(14)23-17/h3-11H,2H2,1H3,(H,19,21). The van der Waals surface area contributed by atoms with E-state index in [4.69, 9.17) is 9.15 Å². The molecule has 5 heteroatoms. The lowest BCUT2D eigenvalue weighted by Gasteiger charge is -2.07. The number of benzene rings is 2. The van der Waals surface area contributed by atoms with Gasteiger partial charge >= 0.3 is 0 Å². The highest BCUT2D eigenvalue weighted by atomic mass is 16.5.